The van der Waals surface area contributed by atoms with Crippen LogP contribution in [0.1, 0.15) is 21.1 Å². The smallest absolute Gasteiger partial charge is 0.358 e. The van der Waals surface area contributed by atoms with Crippen LogP contribution in [0, 0.1) is 13.8 Å². The molecule has 0 fully saturated rings. The Hall–Kier alpha value is -2.48. The lowest BCUT2D eigenvalue weighted by Gasteiger charge is -2.00. The topological polar surface area (TPSA) is 94.0 Å². The summed E-state index contributed by atoms with van der Waals surface area (Å²) in [5.74, 6) is -0.773. The van der Waals surface area contributed by atoms with Crippen LogP contribution < -0.4 is 0 Å². The summed E-state index contributed by atoms with van der Waals surface area (Å²) in [4.78, 5) is 16.7. The third-order valence-electron chi connectivity index (χ3n) is 2.83. The molecule has 3 heterocycles. The summed E-state index contributed by atoms with van der Waals surface area (Å²) in [5, 5.41) is 17.4. The number of carbonyl (C=O) groups is 1. The van der Waals surface area contributed by atoms with Crippen LogP contribution in [0.4, 0.5) is 0 Å². The number of rotatable bonds is 3. The predicted molar refractivity (Wildman–Crippen MR) is 71.2 cm³/mol. The minimum atomic E-state index is -1.16. The highest BCUT2D eigenvalue weighted by Gasteiger charge is 2.25. The first kappa shape index (κ1) is 12.5. The van der Waals surface area contributed by atoms with Crippen molar-refractivity contribution in [1.82, 2.24) is 20.0 Å². The normalized spacial score (nSPS) is 10.9. The Balaban J connectivity index is 2.24. The summed E-state index contributed by atoms with van der Waals surface area (Å²) >= 11 is 1.42. The van der Waals surface area contributed by atoms with E-state index in [1.54, 1.807) is 12.1 Å². The van der Waals surface area contributed by atoms with Gasteiger partial charge in [0.2, 0.25) is 10.8 Å². The molecule has 0 aliphatic carbocycles. The fourth-order valence-corrected chi connectivity index (χ4v) is 2.60. The van der Waals surface area contributed by atoms with E-state index in [9.17, 15) is 9.90 Å². The summed E-state index contributed by atoms with van der Waals surface area (Å²) in [6, 6.07) is 3.34. The van der Waals surface area contributed by atoms with Crippen LogP contribution in [0.2, 0.25) is 0 Å². The quantitative estimate of drug-likeness (QED) is 0.795. The minimum absolute atomic E-state index is 0.162. The Bertz CT molecular complexity index is 753. The molecule has 0 aromatic carbocycles. The third-order valence-corrected chi connectivity index (χ3v) is 3.87. The van der Waals surface area contributed by atoms with Crippen molar-refractivity contribution >= 4 is 17.3 Å². The van der Waals surface area contributed by atoms with Crippen LogP contribution in [-0.4, -0.2) is 31.1 Å². The van der Waals surface area contributed by atoms with Gasteiger partial charge in [-0.05, 0) is 26.0 Å². The molecule has 3 aromatic rings. The van der Waals surface area contributed by atoms with E-state index in [1.807, 2.05) is 13.8 Å². The lowest BCUT2D eigenvalue weighted by Crippen LogP contribution is -2.02. The number of furan rings is 1. The molecule has 0 atom stereocenters. The molecular weight excluding hydrogens is 280 g/mol. The maximum Gasteiger partial charge on any atom is 0.358 e. The number of carboxylic acid groups (broad SMARTS) is 1. The van der Waals surface area contributed by atoms with Crippen molar-refractivity contribution in [3.05, 3.63) is 34.7 Å². The molecule has 0 spiro atoms. The first-order chi connectivity index (χ1) is 9.58. The Morgan fingerprint density at radius 1 is 1.45 bits per heavy atom. The predicted octanol–water partition coefficient (Wildman–Crippen LogP) is 2.30. The molecule has 0 aliphatic heterocycles. The van der Waals surface area contributed by atoms with Gasteiger partial charge in [0.25, 0.3) is 0 Å². The van der Waals surface area contributed by atoms with E-state index in [2.05, 4.69) is 15.3 Å². The molecule has 7 nitrogen and oxygen atoms in total. The molecule has 0 aliphatic rings. The van der Waals surface area contributed by atoms with Crippen molar-refractivity contribution in [1.29, 1.82) is 0 Å². The van der Waals surface area contributed by atoms with Crippen molar-refractivity contribution in [2.75, 3.05) is 0 Å². The molecule has 3 aromatic heterocycles. The van der Waals surface area contributed by atoms with Crippen LogP contribution in [0.25, 0.3) is 16.6 Å². The Morgan fingerprint density at radius 3 is 2.80 bits per heavy atom. The molecule has 1 N–H and O–H groups in total. The summed E-state index contributed by atoms with van der Waals surface area (Å²) < 4.78 is 6.68. The Kier molecular flexibility index (Phi) is 2.87. The van der Waals surface area contributed by atoms with Crippen LogP contribution >= 0.6 is 11.3 Å². The molecule has 3 rings (SSSR count). The first-order valence-corrected chi connectivity index (χ1v) is 6.57. The number of hydrogen-bond donors (Lipinski definition) is 1. The van der Waals surface area contributed by atoms with Gasteiger partial charge in [0.05, 0.1) is 12.0 Å². The zero-order chi connectivity index (χ0) is 14.3. The number of nitrogens with zero attached hydrogens (tertiary/aromatic N) is 4. The molecule has 0 radical (unpaired) electrons. The zero-order valence-corrected chi connectivity index (χ0v) is 11.5. The maximum atomic E-state index is 11.3. The lowest BCUT2D eigenvalue weighted by atomic mass is 10.2. The first-order valence-electron chi connectivity index (χ1n) is 5.75. The summed E-state index contributed by atoms with van der Waals surface area (Å²) in [5.41, 5.74) is 1.00. The van der Waals surface area contributed by atoms with Crippen molar-refractivity contribution in [3.8, 4) is 16.6 Å². The second kappa shape index (κ2) is 4.57. The van der Waals surface area contributed by atoms with E-state index in [-0.39, 0.29) is 11.4 Å². The van der Waals surface area contributed by atoms with Gasteiger partial charge in [-0.2, -0.15) is 4.68 Å². The van der Waals surface area contributed by atoms with Crippen LogP contribution in [-0.2, 0) is 0 Å². The highest BCUT2D eigenvalue weighted by Crippen LogP contribution is 2.28. The summed E-state index contributed by atoms with van der Waals surface area (Å²) in [6.45, 7) is 3.83. The molecule has 0 saturated carbocycles. The number of hydrogen-bond acceptors (Lipinski definition) is 6. The zero-order valence-electron chi connectivity index (χ0n) is 10.7. The molecule has 8 heteroatoms. The monoisotopic (exact) mass is 290 g/mol. The standard InChI is InChI=1S/C12H10N4O3S/c1-6-7(2)20-12(13-6)16-10(8-4-3-5-19-8)9(11(17)18)14-15-16/h3-5H,1-2H3,(H,17,18). The van der Waals surface area contributed by atoms with E-state index >= 15 is 0 Å². The third kappa shape index (κ3) is 1.90. The van der Waals surface area contributed by atoms with Gasteiger partial charge in [0, 0.05) is 4.88 Å². The number of aromatic nitrogens is 4. The maximum absolute atomic E-state index is 11.3. The number of aryl methyl sites for hydroxylation is 2. The molecule has 0 saturated heterocycles. The van der Waals surface area contributed by atoms with Gasteiger partial charge in [0.1, 0.15) is 5.69 Å². The second-order valence-electron chi connectivity index (χ2n) is 4.12. The van der Waals surface area contributed by atoms with Crippen LogP contribution in [0.3, 0.4) is 0 Å². The van der Waals surface area contributed by atoms with E-state index in [0.717, 1.165) is 10.6 Å². The SMILES string of the molecule is Cc1nc(-n2nnc(C(=O)O)c2-c2ccco2)sc1C. The van der Waals surface area contributed by atoms with Crippen LogP contribution in [0.15, 0.2) is 22.8 Å². The average molecular weight is 290 g/mol. The van der Waals surface area contributed by atoms with E-state index in [4.69, 9.17) is 4.42 Å². The summed E-state index contributed by atoms with van der Waals surface area (Å²) in [7, 11) is 0. The Morgan fingerprint density at radius 2 is 2.25 bits per heavy atom. The number of thiazole rings is 1. The molecule has 0 amide bonds. The fraction of sp³-hybridized carbons (Fsp3) is 0.167. The van der Waals surface area contributed by atoms with Gasteiger partial charge in [-0.15, -0.1) is 5.10 Å². The molecular formula is C12H10N4O3S. The second-order valence-corrected chi connectivity index (χ2v) is 5.30. The van der Waals surface area contributed by atoms with E-state index in [0.29, 0.717) is 10.9 Å². The highest BCUT2D eigenvalue weighted by atomic mass is 32.1. The van der Waals surface area contributed by atoms with Gasteiger partial charge >= 0.3 is 5.97 Å². The largest absolute Gasteiger partial charge is 0.476 e. The van der Waals surface area contributed by atoms with Crippen molar-refractivity contribution < 1.29 is 14.3 Å². The van der Waals surface area contributed by atoms with Gasteiger partial charge in [0.15, 0.2) is 5.76 Å². The van der Waals surface area contributed by atoms with Gasteiger partial charge in [-0.1, -0.05) is 16.6 Å². The molecule has 20 heavy (non-hydrogen) atoms. The number of carboxylic acids is 1. The fourth-order valence-electron chi connectivity index (χ4n) is 1.74. The van der Waals surface area contributed by atoms with Gasteiger partial charge < -0.3 is 9.52 Å². The Labute approximate surface area is 117 Å². The van der Waals surface area contributed by atoms with Crippen molar-refractivity contribution in [2.45, 2.75) is 13.8 Å². The minimum Gasteiger partial charge on any atom is -0.476 e. The van der Waals surface area contributed by atoms with E-state index < -0.39 is 5.97 Å². The van der Waals surface area contributed by atoms with Crippen molar-refractivity contribution in [2.24, 2.45) is 0 Å². The molecule has 0 unspecified atom stereocenters. The summed E-state index contributed by atoms with van der Waals surface area (Å²) in [6.07, 6.45) is 1.47. The van der Waals surface area contributed by atoms with Gasteiger partial charge in [-0.25, -0.2) is 9.78 Å². The average Bonchev–Trinajstić information content (AvgIpc) is 3.09. The van der Waals surface area contributed by atoms with Crippen molar-refractivity contribution in [3.63, 3.8) is 0 Å². The van der Waals surface area contributed by atoms with E-state index in [1.165, 1.54) is 22.3 Å². The highest BCUT2D eigenvalue weighted by molar-refractivity contribution is 7.14. The molecule has 0 bridgehead atoms. The number of aromatic carboxylic acids is 1. The van der Waals surface area contributed by atoms with Crippen LogP contribution in [0.5, 0.6) is 0 Å². The lowest BCUT2D eigenvalue weighted by molar-refractivity contribution is 0.0691. The van der Waals surface area contributed by atoms with Gasteiger partial charge in [-0.3, -0.25) is 0 Å². The molecule has 102 valence electrons.